The number of primary amides is 1. The molecule has 10 nitrogen and oxygen atoms in total. The highest BCUT2D eigenvalue weighted by molar-refractivity contribution is 6.22. The van der Waals surface area contributed by atoms with Crippen LogP contribution in [0.5, 0.6) is 11.5 Å². The summed E-state index contributed by atoms with van der Waals surface area (Å²) in [6.45, 7) is 2.26. The summed E-state index contributed by atoms with van der Waals surface area (Å²) in [6, 6.07) is 12.0. The zero-order valence-electron chi connectivity index (χ0n) is 23.3. The van der Waals surface area contributed by atoms with Crippen LogP contribution in [0.15, 0.2) is 53.3 Å². The molecule has 1 saturated heterocycles. The number of Topliss-reactive ketones (excluding diaryl/α,β-unsaturated/α-hetero) is 2. The number of fused-ring (bicyclic) bond motifs is 3. The number of ether oxygens (including phenoxy) is 1. The van der Waals surface area contributed by atoms with Crippen LogP contribution in [0.3, 0.4) is 0 Å². The van der Waals surface area contributed by atoms with Crippen LogP contribution in [0.25, 0.3) is 5.76 Å². The fraction of sp³-hybridized carbons (Fsp3) is 0.406. The minimum absolute atomic E-state index is 0.0329. The number of carbonyl (C=O) groups excluding carboxylic acids is 3. The Bertz CT molecular complexity index is 1550. The van der Waals surface area contributed by atoms with Crippen molar-refractivity contribution in [1.29, 1.82) is 0 Å². The molecule has 1 heterocycles. The molecule has 4 aliphatic rings. The number of phenolic OH excluding ortho intramolecular Hbond substituents is 1. The molecule has 10 heteroatoms. The first-order chi connectivity index (χ1) is 20.1. The summed E-state index contributed by atoms with van der Waals surface area (Å²) in [5, 5.41) is 44.6. The maximum absolute atomic E-state index is 13.7. The first-order valence-electron chi connectivity index (χ1n) is 14.2. The Balaban J connectivity index is 1.33. The summed E-state index contributed by atoms with van der Waals surface area (Å²) in [5.74, 6) is -5.48. The monoisotopic (exact) mass is 574 g/mol. The van der Waals surface area contributed by atoms with Gasteiger partial charge in [0.05, 0.1) is 12.7 Å². The van der Waals surface area contributed by atoms with Gasteiger partial charge in [0.15, 0.2) is 11.4 Å². The molecule has 1 aliphatic heterocycles. The summed E-state index contributed by atoms with van der Waals surface area (Å²) in [6.07, 6.45) is 1.92. The second-order valence-corrected chi connectivity index (χ2v) is 11.8. The van der Waals surface area contributed by atoms with Gasteiger partial charge in [-0.15, -0.1) is 0 Å². The number of nitrogens with two attached hydrogens (primary N) is 1. The van der Waals surface area contributed by atoms with Gasteiger partial charge in [-0.25, -0.2) is 0 Å². The lowest BCUT2D eigenvalue weighted by Gasteiger charge is -2.46. The van der Waals surface area contributed by atoms with Gasteiger partial charge in [-0.1, -0.05) is 30.3 Å². The fourth-order valence-electron chi connectivity index (χ4n) is 7.50. The third kappa shape index (κ3) is 4.20. The Morgan fingerprint density at radius 3 is 2.40 bits per heavy atom. The van der Waals surface area contributed by atoms with E-state index in [0.29, 0.717) is 23.8 Å². The summed E-state index contributed by atoms with van der Waals surface area (Å²) in [4.78, 5) is 40.4. The van der Waals surface area contributed by atoms with Crippen LogP contribution < -0.4 is 10.5 Å². The molecule has 220 valence electrons. The number of phenols is 1. The minimum atomic E-state index is -2.58. The Kier molecular flexibility index (Phi) is 6.86. The Hall–Kier alpha value is -4.15. The van der Waals surface area contributed by atoms with Crippen LogP contribution in [0.1, 0.15) is 53.9 Å². The van der Waals surface area contributed by atoms with Gasteiger partial charge in [0.1, 0.15) is 28.6 Å². The first kappa shape index (κ1) is 28.0. The summed E-state index contributed by atoms with van der Waals surface area (Å²) >= 11 is 0. The molecule has 2 fully saturated rings. The molecule has 1 amide bonds. The molecule has 2 aromatic rings. The number of methoxy groups -OCH3 is 1. The van der Waals surface area contributed by atoms with Gasteiger partial charge in [-0.2, -0.15) is 0 Å². The number of piperidine rings is 1. The Labute approximate surface area is 242 Å². The smallest absolute Gasteiger partial charge is 0.255 e. The van der Waals surface area contributed by atoms with Gasteiger partial charge >= 0.3 is 0 Å². The zero-order valence-corrected chi connectivity index (χ0v) is 23.3. The lowest BCUT2D eigenvalue weighted by molar-refractivity contribution is -0.147. The number of carbonyl (C=O) groups is 3. The number of likely N-dealkylation sites (tertiary alicyclic amines) is 1. The van der Waals surface area contributed by atoms with Crippen molar-refractivity contribution in [3.05, 3.63) is 75.6 Å². The summed E-state index contributed by atoms with van der Waals surface area (Å²) < 4.78 is 5.83. The molecule has 42 heavy (non-hydrogen) atoms. The number of aliphatic hydroxyl groups is 3. The largest absolute Gasteiger partial charge is 0.508 e. The molecule has 3 aliphatic carbocycles. The number of benzene rings is 2. The molecule has 3 atom stereocenters. The highest BCUT2D eigenvalue weighted by atomic mass is 16.5. The lowest BCUT2D eigenvalue weighted by Crippen LogP contribution is -2.58. The number of hydrogen-bond donors (Lipinski definition) is 5. The van der Waals surface area contributed by atoms with E-state index in [0.717, 1.165) is 31.5 Å². The molecule has 6 N–H and O–H groups in total. The van der Waals surface area contributed by atoms with E-state index in [4.69, 9.17) is 10.5 Å². The average molecular weight is 575 g/mol. The zero-order chi connectivity index (χ0) is 29.9. The predicted octanol–water partition coefficient (Wildman–Crippen LogP) is 2.81. The lowest BCUT2D eigenvalue weighted by atomic mass is 9.59. The number of aliphatic hydroxyl groups excluding tert-OH is 2. The second-order valence-electron chi connectivity index (χ2n) is 11.8. The number of nitrogens with zero attached hydrogens (tertiary/aromatic N) is 1. The van der Waals surface area contributed by atoms with Crippen LogP contribution >= 0.6 is 0 Å². The van der Waals surface area contributed by atoms with E-state index in [9.17, 15) is 34.8 Å². The third-order valence-corrected chi connectivity index (χ3v) is 9.55. The van der Waals surface area contributed by atoms with Crippen molar-refractivity contribution in [3.8, 4) is 11.5 Å². The number of aromatic hydroxyl groups is 1. The van der Waals surface area contributed by atoms with Gasteiger partial charge in [0.25, 0.3) is 5.91 Å². The summed E-state index contributed by atoms with van der Waals surface area (Å²) in [7, 11) is 1.52. The van der Waals surface area contributed by atoms with Crippen LogP contribution in [0, 0.1) is 11.8 Å². The highest BCUT2D eigenvalue weighted by Crippen LogP contribution is 2.53. The van der Waals surface area contributed by atoms with Crippen molar-refractivity contribution < 1.29 is 39.5 Å². The maximum atomic E-state index is 13.7. The van der Waals surface area contributed by atoms with E-state index in [-0.39, 0.29) is 36.1 Å². The maximum Gasteiger partial charge on any atom is 0.255 e. The normalized spacial score (nSPS) is 26.5. The predicted molar refractivity (Wildman–Crippen MR) is 152 cm³/mol. The quantitative estimate of drug-likeness (QED) is 0.337. The molecule has 1 saturated carbocycles. The van der Waals surface area contributed by atoms with Gasteiger partial charge in [-0.05, 0) is 62.2 Å². The summed E-state index contributed by atoms with van der Waals surface area (Å²) in [5.41, 5.74) is 4.35. The minimum Gasteiger partial charge on any atom is -0.508 e. The van der Waals surface area contributed by atoms with Crippen molar-refractivity contribution in [2.24, 2.45) is 17.6 Å². The molecular weight excluding hydrogens is 540 g/mol. The Morgan fingerprint density at radius 2 is 1.76 bits per heavy atom. The van der Waals surface area contributed by atoms with Crippen LogP contribution in [0.2, 0.25) is 0 Å². The van der Waals surface area contributed by atoms with Gasteiger partial charge in [-0.3, -0.25) is 19.3 Å². The molecule has 0 spiro atoms. The number of amides is 1. The van der Waals surface area contributed by atoms with Crippen LogP contribution in [-0.4, -0.2) is 68.6 Å². The number of hydrogen-bond acceptors (Lipinski definition) is 9. The van der Waals surface area contributed by atoms with Crippen molar-refractivity contribution >= 4 is 23.2 Å². The van der Waals surface area contributed by atoms with E-state index < -0.39 is 52.0 Å². The van der Waals surface area contributed by atoms with Crippen molar-refractivity contribution in [1.82, 2.24) is 4.90 Å². The third-order valence-electron chi connectivity index (χ3n) is 9.55. The van der Waals surface area contributed by atoms with E-state index in [1.165, 1.54) is 18.7 Å². The van der Waals surface area contributed by atoms with Gasteiger partial charge < -0.3 is 30.9 Å². The molecular formula is C32H34N2O8. The second kappa shape index (κ2) is 10.3. The SMILES string of the molecule is COc1c(CN2CCC(c3ccccc3)CC2)cc(O)c2c1CC1C[C@H]3CC(=O)C(C(N)=O)=C(O)[C@@]3(O)C(=O)C1=C2O. The molecule has 2 aromatic carbocycles. The number of ketones is 2. The topological polar surface area (TPSA) is 171 Å². The van der Waals surface area contributed by atoms with Crippen LogP contribution in [0.4, 0.5) is 0 Å². The number of rotatable bonds is 5. The standard InChI is InChI=1S/C32H34N2O8/c1-42-28-19(15-34-9-7-17(8-10-34)16-5-3-2-4-6-16)13-22(35)25-21(28)12-18-11-20-14-23(36)26(31(33)40)30(39)32(20,41)29(38)24(18)27(25)37/h2-6,13,17-18,20,35,37,39,41H,7-12,14-15H2,1H3,(H2,33,40)/t18?,20-,32-/m0/s1. The van der Waals surface area contributed by atoms with E-state index >= 15 is 0 Å². The fourth-order valence-corrected chi connectivity index (χ4v) is 7.50. The Morgan fingerprint density at radius 1 is 1.07 bits per heavy atom. The van der Waals surface area contributed by atoms with E-state index in [2.05, 4.69) is 29.2 Å². The molecule has 0 aromatic heterocycles. The van der Waals surface area contributed by atoms with Crippen LogP contribution in [-0.2, 0) is 27.3 Å². The van der Waals surface area contributed by atoms with E-state index in [1.807, 2.05) is 6.07 Å². The molecule has 6 rings (SSSR count). The molecule has 0 bridgehead atoms. The highest BCUT2D eigenvalue weighted by Gasteiger charge is 2.60. The first-order valence-corrected chi connectivity index (χ1v) is 14.2. The average Bonchev–Trinajstić information content (AvgIpc) is 2.95. The van der Waals surface area contributed by atoms with E-state index in [1.54, 1.807) is 0 Å². The molecule has 1 unspecified atom stereocenters. The van der Waals surface area contributed by atoms with Crippen molar-refractivity contribution in [2.45, 2.75) is 50.2 Å². The van der Waals surface area contributed by atoms with Gasteiger partial charge in [0.2, 0.25) is 5.78 Å². The van der Waals surface area contributed by atoms with Crippen molar-refractivity contribution in [3.63, 3.8) is 0 Å². The molecule has 0 radical (unpaired) electrons. The van der Waals surface area contributed by atoms with Crippen molar-refractivity contribution in [2.75, 3.05) is 20.2 Å². The van der Waals surface area contributed by atoms with Gasteiger partial charge in [0, 0.05) is 35.6 Å².